The Bertz CT molecular complexity index is 429. The van der Waals surface area contributed by atoms with Crippen LogP contribution in [-0.2, 0) is 11.2 Å². The van der Waals surface area contributed by atoms with Gasteiger partial charge < -0.3 is 9.84 Å². The molecule has 1 aliphatic rings. The summed E-state index contributed by atoms with van der Waals surface area (Å²) in [6.07, 6.45) is 1.31. The molecular formula is C17H27NO2. The van der Waals surface area contributed by atoms with E-state index >= 15 is 0 Å². The van der Waals surface area contributed by atoms with Crippen molar-refractivity contribution in [1.82, 2.24) is 4.90 Å². The first-order valence-corrected chi connectivity index (χ1v) is 7.63. The average molecular weight is 277 g/mol. The third-order valence-electron chi connectivity index (χ3n) is 4.84. The molecule has 1 aromatic rings. The Hall–Kier alpha value is -0.900. The molecule has 1 saturated heterocycles. The van der Waals surface area contributed by atoms with E-state index in [0.29, 0.717) is 6.42 Å². The lowest BCUT2D eigenvalue weighted by Crippen LogP contribution is -2.58. The number of rotatable bonds is 5. The third-order valence-corrected chi connectivity index (χ3v) is 4.84. The highest BCUT2D eigenvalue weighted by atomic mass is 16.5. The molecule has 0 spiro atoms. The van der Waals surface area contributed by atoms with Crippen molar-refractivity contribution in [2.45, 2.75) is 45.3 Å². The Morgan fingerprint density at radius 3 is 2.55 bits per heavy atom. The maximum absolute atomic E-state index is 10.8. The molecule has 0 amide bonds. The summed E-state index contributed by atoms with van der Waals surface area (Å²) in [5.74, 6) is 0. The van der Waals surface area contributed by atoms with Crippen LogP contribution in [0.3, 0.4) is 0 Å². The number of hydrogen-bond donors (Lipinski definition) is 1. The quantitative estimate of drug-likeness (QED) is 0.897. The minimum Gasteiger partial charge on any atom is -0.391 e. The SMILES string of the molecule is CCC(C)(C(O)Cc1ccccc1C)N1CCOCC1. The van der Waals surface area contributed by atoms with E-state index < -0.39 is 0 Å². The zero-order valence-corrected chi connectivity index (χ0v) is 12.9. The number of nitrogens with zero attached hydrogens (tertiary/aromatic N) is 1. The third kappa shape index (κ3) is 3.22. The second-order valence-corrected chi connectivity index (χ2v) is 5.96. The van der Waals surface area contributed by atoms with Crippen LogP contribution in [-0.4, -0.2) is 48.0 Å². The van der Waals surface area contributed by atoms with Gasteiger partial charge in [-0.05, 0) is 31.4 Å². The van der Waals surface area contributed by atoms with Crippen molar-refractivity contribution in [2.75, 3.05) is 26.3 Å². The van der Waals surface area contributed by atoms with Crippen molar-refractivity contribution < 1.29 is 9.84 Å². The first kappa shape index (κ1) is 15.5. The Morgan fingerprint density at radius 1 is 1.30 bits per heavy atom. The highest BCUT2D eigenvalue weighted by Gasteiger charge is 2.38. The second kappa shape index (κ2) is 6.70. The van der Waals surface area contributed by atoms with Crippen molar-refractivity contribution in [1.29, 1.82) is 0 Å². The molecule has 112 valence electrons. The van der Waals surface area contributed by atoms with Crippen LogP contribution in [0.25, 0.3) is 0 Å². The van der Waals surface area contributed by atoms with E-state index in [0.717, 1.165) is 32.7 Å². The molecule has 1 aromatic carbocycles. The van der Waals surface area contributed by atoms with E-state index in [2.05, 4.69) is 37.8 Å². The van der Waals surface area contributed by atoms with Crippen LogP contribution in [0.4, 0.5) is 0 Å². The molecule has 1 fully saturated rings. The van der Waals surface area contributed by atoms with Crippen LogP contribution in [0.1, 0.15) is 31.4 Å². The van der Waals surface area contributed by atoms with E-state index in [1.165, 1.54) is 11.1 Å². The van der Waals surface area contributed by atoms with E-state index in [4.69, 9.17) is 4.74 Å². The van der Waals surface area contributed by atoms with Gasteiger partial charge in [-0.1, -0.05) is 31.2 Å². The van der Waals surface area contributed by atoms with Crippen molar-refractivity contribution in [2.24, 2.45) is 0 Å². The summed E-state index contributed by atoms with van der Waals surface area (Å²) in [6, 6.07) is 8.33. The molecule has 0 radical (unpaired) electrons. The van der Waals surface area contributed by atoms with E-state index in [-0.39, 0.29) is 11.6 Å². The van der Waals surface area contributed by atoms with Gasteiger partial charge >= 0.3 is 0 Å². The summed E-state index contributed by atoms with van der Waals surface area (Å²) in [5.41, 5.74) is 2.33. The van der Waals surface area contributed by atoms with Crippen molar-refractivity contribution in [3.05, 3.63) is 35.4 Å². The first-order chi connectivity index (χ1) is 9.58. The summed E-state index contributed by atoms with van der Waals surface area (Å²) >= 11 is 0. The summed E-state index contributed by atoms with van der Waals surface area (Å²) in [5, 5.41) is 10.8. The van der Waals surface area contributed by atoms with Crippen LogP contribution in [0, 0.1) is 6.92 Å². The maximum Gasteiger partial charge on any atom is 0.0761 e. The summed E-state index contributed by atoms with van der Waals surface area (Å²) in [6.45, 7) is 9.82. The average Bonchev–Trinajstić information content (AvgIpc) is 2.49. The van der Waals surface area contributed by atoms with Gasteiger partial charge in [0.15, 0.2) is 0 Å². The van der Waals surface area contributed by atoms with Gasteiger partial charge in [0.25, 0.3) is 0 Å². The number of hydrogen-bond acceptors (Lipinski definition) is 3. The van der Waals surface area contributed by atoms with Gasteiger partial charge in [0, 0.05) is 25.0 Å². The molecule has 20 heavy (non-hydrogen) atoms. The van der Waals surface area contributed by atoms with Crippen LogP contribution >= 0.6 is 0 Å². The highest BCUT2D eigenvalue weighted by molar-refractivity contribution is 5.26. The van der Waals surface area contributed by atoms with Crippen LogP contribution in [0.15, 0.2) is 24.3 Å². The maximum atomic E-state index is 10.8. The Labute approximate surface area is 122 Å². The molecule has 2 unspecified atom stereocenters. The molecule has 0 aromatic heterocycles. The molecule has 2 rings (SSSR count). The number of aliphatic hydroxyl groups excluding tert-OH is 1. The smallest absolute Gasteiger partial charge is 0.0761 e. The molecule has 1 aliphatic heterocycles. The minimum absolute atomic E-state index is 0.175. The number of aliphatic hydroxyl groups is 1. The largest absolute Gasteiger partial charge is 0.391 e. The van der Waals surface area contributed by atoms with Gasteiger partial charge in [-0.2, -0.15) is 0 Å². The number of morpholine rings is 1. The minimum atomic E-state index is -0.355. The van der Waals surface area contributed by atoms with E-state index in [1.54, 1.807) is 0 Å². The molecule has 0 aliphatic carbocycles. The zero-order valence-electron chi connectivity index (χ0n) is 12.9. The lowest BCUT2D eigenvalue weighted by molar-refractivity contribution is -0.0714. The molecule has 3 heteroatoms. The normalized spacial score (nSPS) is 21.4. The van der Waals surface area contributed by atoms with Crippen molar-refractivity contribution >= 4 is 0 Å². The van der Waals surface area contributed by atoms with E-state index in [1.807, 2.05) is 12.1 Å². The highest BCUT2D eigenvalue weighted by Crippen LogP contribution is 2.27. The van der Waals surface area contributed by atoms with Crippen LogP contribution in [0.2, 0.25) is 0 Å². The predicted molar refractivity (Wildman–Crippen MR) is 82.0 cm³/mol. The van der Waals surface area contributed by atoms with Gasteiger partial charge in [0.1, 0.15) is 0 Å². The van der Waals surface area contributed by atoms with E-state index in [9.17, 15) is 5.11 Å². The fourth-order valence-corrected chi connectivity index (χ4v) is 3.01. The summed E-state index contributed by atoms with van der Waals surface area (Å²) < 4.78 is 5.43. The van der Waals surface area contributed by atoms with Gasteiger partial charge in [-0.15, -0.1) is 0 Å². The van der Waals surface area contributed by atoms with Gasteiger partial charge in [-0.25, -0.2) is 0 Å². The van der Waals surface area contributed by atoms with Crippen molar-refractivity contribution in [3.63, 3.8) is 0 Å². The fraction of sp³-hybridized carbons (Fsp3) is 0.647. The second-order valence-electron chi connectivity index (χ2n) is 5.96. The Kier molecular flexibility index (Phi) is 5.19. The van der Waals surface area contributed by atoms with Gasteiger partial charge in [0.2, 0.25) is 0 Å². The van der Waals surface area contributed by atoms with Gasteiger partial charge in [-0.3, -0.25) is 4.90 Å². The monoisotopic (exact) mass is 277 g/mol. The van der Waals surface area contributed by atoms with Crippen LogP contribution in [0.5, 0.6) is 0 Å². The topological polar surface area (TPSA) is 32.7 Å². The number of ether oxygens (including phenoxy) is 1. The zero-order chi connectivity index (χ0) is 14.6. The number of benzene rings is 1. The molecule has 0 saturated carbocycles. The van der Waals surface area contributed by atoms with Crippen molar-refractivity contribution in [3.8, 4) is 0 Å². The summed E-state index contributed by atoms with van der Waals surface area (Å²) in [7, 11) is 0. The predicted octanol–water partition coefficient (Wildman–Crippen LogP) is 2.40. The molecule has 0 bridgehead atoms. The molecule has 3 nitrogen and oxygen atoms in total. The fourth-order valence-electron chi connectivity index (χ4n) is 3.01. The first-order valence-electron chi connectivity index (χ1n) is 7.63. The lowest BCUT2D eigenvalue weighted by Gasteiger charge is -2.46. The molecule has 1 heterocycles. The molecule has 2 atom stereocenters. The number of aryl methyl sites for hydroxylation is 1. The summed E-state index contributed by atoms with van der Waals surface area (Å²) in [4.78, 5) is 2.39. The molecular weight excluding hydrogens is 250 g/mol. The lowest BCUT2D eigenvalue weighted by atomic mass is 9.84. The Morgan fingerprint density at radius 2 is 1.95 bits per heavy atom. The Balaban J connectivity index is 2.11. The van der Waals surface area contributed by atoms with Gasteiger partial charge in [0.05, 0.1) is 19.3 Å². The van der Waals surface area contributed by atoms with Crippen LogP contribution < -0.4 is 0 Å². The standard InChI is InChI=1S/C17H27NO2/c1-4-17(3,18-9-11-20-12-10-18)16(19)13-15-8-6-5-7-14(15)2/h5-8,16,19H,4,9-13H2,1-3H3. The molecule has 1 N–H and O–H groups in total.